The van der Waals surface area contributed by atoms with E-state index in [1.807, 2.05) is 6.08 Å². The first-order valence-electron chi connectivity index (χ1n) is 2.23. The molecule has 0 aromatic carbocycles. The largest absolute Gasteiger partial charge is 0.314 e. The molecule has 0 atom stereocenters. The first-order valence-corrected chi connectivity index (χ1v) is 2.23. The van der Waals surface area contributed by atoms with Crippen molar-refractivity contribution in [2.45, 2.75) is 6.92 Å². The highest BCUT2D eigenvalue weighted by Gasteiger charge is 1.66. The highest BCUT2D eigenvalue weighted by Crippen LogP contribution is 1.55. The molecule has 0 unspecified atom stereocenters. The van der Waals surface area contributed by atoms with Crippen molar-refractivity contribution in [2.75, 3.05) is 13.1 Å². The molecule has 0 rings (SSSR count). The summed E-state index contributed by atoms with van der Waals surface area (Å²) in [5.74, 6) is 0. The van der Waals surface area contributed by atoms with Gasteiger partial charge >= 0.3 is 0 Å². The Bertz CT molecular complexity index is 32.9. The van der Waals surface area contributed by atoms with Crippen molar-refractivity contribution in [2.24, 2.45) is 0 Å². The summed E-state index contributed by atoms with van der Waals surface area (Å²) in [6.45, 7) is 7.57. The topological polar surface area (TPSA) is 12.0 Å². The van der Waals surface area contributed by atoms with E-state index in [9.17, 15) is 0 Å². The zero-order valence-electron chi connectivity index (χ0n) is 4.20. The summed E-state index contributed by atoms with van der Waals surface area (Å²) in [5.41, 5.74) is 0. The highest BCUT2D eigenvalue weighted by atomic mass is 14.8. The van der Waals surface area contributed by atoms with Gasteiger partial charge in [0.15, 0.2) is 0 Å². The molecular weight excluding hydrogens is 74.1 g/mol. The zero-order valence-corrected chi connectivity index (χ0v) is 4.20. The van der Waals surface area contributed by atoms with Gasteiger partial charge in [0.05, 0.1) is 0 Å². The van der Waals surface area contributed by atoms with Crippen molar-refractivity contribution in [1.29, 1.82) is 0 Å². The normalized spacial score (nSPS) is 8.17. The van der Waals surface area contributed by atoms with Gasteiger partial charge in [-0.3, -0.25) is 0 Å². The predicted molar refractivity (Wildman–Crippen MR) is 28.7 cm³/mol. The zero-order chi connectivity index (χ0) is 4.83. The fourth-order valence-electron chi connectivity index (χ4n) is 0.246. The van der Waals surface area contributed by atoms with Gasteiger partial charge in [-0.25, -0.2) is 0 Å². The van der Waals surface area contributed by atoms with Gasteiger partial charge in [-0.05, 0) is 6.54 Å². The Kier molecular flexibility index (Phi) is 4.46. The molecule has 0 heterocycles. The molecule has 36 valence electrons. The summed E-state index contributed by atoms with van der Waals surface area (Å²) in [7, 11) is 0. The van der Waals surface area contributed by atoms with Gasteiger partial charge in [-0.2, -0.15) is 0 Å². The van der Waals surface area contributed by atoms with Crippen LogP contribution in [0, 0.1) is 0 Å². The van der Waals surface area contributed by atoms with Crippen LogP contribution in [0.25, 0.3) is 0 Å². The van der Waals surface area contributed by atoms with Gasteiger partial charge in [0.2, 0.25) is 0 Å². The van der Waals surface area contributed by atoms with Gasteiger partial charge in [0.1, 0.15) is 0 Å². The smallest absolute Gasteiger partial charge is 0.0132 e. The van der Waals surface area contributed by atoms with Gasteiger partial charge in [-0.1, -0.05) is 13.0 Å². The molecule has 0 saturated carbocycles. The molecule has 0 aromatic heterocycles. The first-order chi connectivity index (χ1) is 2.91. The van der Waals surface area contributed by atoms with Crippen LogP contribution < -0.4 is 5.32 Å². The van der Waals surface area contributed by atoms with E-state index in [1.165, 1.54) is 0 Å². The van der Waals surface area contributed by atoms with Gasteiger partial charge in [-0.15, -0.1) is 6.58 Å². The van der Waals surface area contributed by atoms with Crippen LogP contribution in [0.15, 0.2) is 12.7 Å². The van der Waals surface area contributed by atoms with E-state index in [4.69, 9.17) is 0 Å². The summed E-state index contributed by atoms with van der Waals surface area (Å²) >= 11 is 0. The average molecular weight is 85.1 g/mol. The summed E-state index contributed by atoms with van der Waals surface area (Å²) < 4.78 is 0. The lowest BCUT2D eigenvalue weighted by molar-refractivity contribution is 0.800. The molecule has 0 aromatic rings. The molecule has 1 heteroatoms. The molecule has 6 heavy (non-hydrogen) atoms. The molecular formula is C5H11N. The Hall–Kier alpha value is -0.300. The summed E-state index contributed by atoms with van der Waals surface area (Å²) in [5, 5.41) is 3.08. The molecule has 1 N–H and O–H groups in total. The molecule has 1 nitrogen and oxygen atoms in total. The molecule has 0 saturated heterocycles. The van der Waals surface area contributed by atoms with E-state index in [0.717, 1.165) is 13.1 Å². The molecule has 0 aliphatic carbocycles. The molecule has 0 aliphatic heterocycles. The standard InChI is InChI=1S/C5H11N/c1-3-5-6-4-2/h3,6H,1,4-5H2,2H3. The Morgan fingerprint density at radius 1 is 1.83 bits per heavy atom. The lowest BCUT2D eigenvalue weighted by atomic mass is 10.6. The van der Waals surface area contributed by atoms with Gasteiger partial charge < -0.3 is 5.32 Å². The van der Waals surface area contributed by atoms with Crippen LogP contribution in [0.2, 0.25) is 0 Å². The number of nitrogens with one attached hydrogen (secondary N) is 1. The molecule has 0 aliphatic rings. The molecule has 0 radical (unpaired) electrons. The number of likely N-dealkylation sites (N-methyl/N-ethyl adjacent to an activating group) is 1. The van der Waals surface area contributed by atoms with Crippen LogP contribution in [0.5, 0.6) is 0 Å². The first kappa shape index (κ1) is 5.70. The van der Waals surface area contributed by atoms with E-state index >= 15 is 0 Å². The second kappa shape index (κ2) is 4.70. The van der Waals surface area contributed by atoms with Gasteiger partial charge in [0.25, 0.3) is 0 Å². The number of hydrogen-bond acceptors (Lipinski definition) is 1. The van der Waals surface area contributed by atoms with E-state index in [0.29, 0.717) is 0 Å². The van der Waals surface area contributed by atoms with Crippen molar-refractivity contribution in [1.82, 2.24) is 5.32 Å². The van der Waals surface area contributed by atoms with Crippen LogP contribution in [0.3, 0.4) is 0 Å². The van der Waals surface area contributed by atoms with Crippen molar-refractivity contribution >= 4 is 0 Å². The minimum Gasteiger partial charge on any atom is -0.314 e. The number of rotatable bonds is 3. The lowest BCUT2D eigenvalue weighted by Gasteiger charge is -1.88. The Labute approximate surface area is 39.1 Å². The summed E-state index contributed by atoms with van der Waals surface area (Å²) in [4.78, 5) is 0. The number of hydrogen-bond donors (Lipinski definition) is 1. The molecule has 0 bridgehead atoms. The Morgan fingerprint density at radius 3 is 2.67 bits per heavy atom. The predicted octanol–water partition coefficient (Wildman–Crippen LogP) is 0.782. The highest BCUT2D eigenvalue weighted by molar-refractivity contribution is 4.68. The van der Waals surface area contributed by atoms with Crippen LogP contribution in [-0.4, -0.2) is 13.1 Å². The summed E-state index contributed by atoms with van der Waals surface area (Å²) in [6.07, 6.45) is 1.85. The van der Waals surface area contributed by atoms with Crippen LogP contribution >= 0.6 is 0 Å². The van der Waals surface area contributed by atoms with E-state index < -0.39 is 0 Å². The molecule has 0 spiro atoms. The maximum Gasteiger partial charge on any atom is 0.0132 e. The Morgan fingerprint density at radius 2 is 2.50 bits per heavy atom. The molecule has 0 fully saturated rings. The fourth-order valence-corrected chi connectivity index (χ4v) is 0.246. The van der Waals surface area contributed by atoms with Crippen LogP contribution in [0.4, 0.5) is 0 Å². The second-order valence-corrected chi connectivity index (χ2v) is 1.10. The minimum atomic E-state index is 0.927. The second-order valence-electron chi connectivity index (χ2n) is 1.10. The van der Waals surface area contributed by atoms with Crippen molar-refractivity contribution < 1.29 is 0 Å². The van der Waals surface area contributed by atoms with Crippen LogP contribution in [0.1, 0.15) is 6.92 Å². The Balaban J connectivity index is 2.49. The van der Waals surface area contributed by atoms with Crippen molar-refractivity contribution in [3.05, 3.63) is 12.7 Å². The van der Waals surface area contributed by atoms with E-state index in [2.05, 4.69) is 18.8 Å². The quantitative estimate of drug-likeness (QED) is 0.394. The third-order valence-corrected chi connectivity index (χ3v) is 0.539. The molecule has 0 amide bonds. The van der Waals surface area contributed by atoms with Crippen LogP contribution in [-0.2, 0) is 0 Å². The lowest BCUT2D eigenvalue weighted by Crippen LogP contribution is -2.10. The SMILES string of the molecule is C=CCNCC. The maximum absolute atomic E-state index is 3.54. The minimum absolute atomic E-state index is 0.927. The van der Waals surface area contributed by atoms with E-state index in [1.54, 1.807) is 0 Å². The monoisotopic (exact) mass is 85.1 g/mol. The fraction of sp³-hybridized carbons (Fsp3) is 0.600. The van der Waals surface area contributed by atoms with Gasteiger partial charge in [0, 0.05) is 6.54 Å². The summed E-state index contributed by atoms with van der Waals surface area (Å²) in [6, 6.07) is 0. The van der Waals surface area contributed by atoms with E-state index in [-0.39, 0.29) is 0 Å². The average Bonchev–Trinajstić information content (AvgIpc) is 1.61. The van der Waals surface area contributed by atoms with Crippen molar-refractivity contribution in [3.63, 3.8) is 0 Å². The van der Waals surface area contributed by atoms with Crippen molar-refractivity contribution in [3.8, 4) is 0 Å². The third-order valence-electron chi connectivity index (χ3n) is 0.539. The maximum atomic E-state index is 3.54. The third kappa shape index (κ3) is 3.70.